The molecule has 0 spiro atoms. The summed E-state index contributed by atoms with van der Waals surface area (Å²) >= 11 is 0. The van der Waals surface area contributed by atoms with Crippen molar-refractivity contribution in [3.8, 4) is 5.75 Å². The highest BCUT2D eigenvalue weighted by atomic mass is 19.4. The molecule has 1 aromatic heterocycles. The van der Waals surface area contributed by atoms with Crippen LogP contribution in [0.5, 0.6) is 5.75 Å². The van der Waals surface area contributed by atoms with E-state index in [1.807, 2.05) is 0 Å². The summed E-state index contributed by atoms with van der Waals surface area (Å²) in [4.78, 5) is 24.6. The molecule has 4 aliphatic rings. The van der Waals surface area contributed by atoms with Crippen molar-refractivity contribution in [1.29, 1.82) is 0 Å². The van der Waals surface area contributed by atoms with Crippen molar-refractivity contribution in [2.75, 3.05) is 6.61 Å². The third kappa shape index (κ3) is 3.75. The van der Waals surface area contributed by atoms with Crippen molar-refractivity contribution >= 4 is 11.8 Å². The molecule has 1 heterocycles. The van der Waals surface area contributed by atoms with Crippen LogP contribution in [0.1, 0.15) is 50.3 Å². The molecular formula is C21H19F4N3O5. The van der Waals surface area contributed by atoms with E-state index >= 15 is 0 Å². The van der Waals surface area contributed by atoms with Gasteiger partial charge in [0.2, 0.25) is 17.7 Å². The number of aromatic nitrogens is 2. The van der Waals surface area contributed by atoms with Crippen LogP contribution in [-0.2, 0) is 25.3 Å². The highest BCUT2D eigenvalue weighted by molar-refractivity contribution is 6.00. The van der Waals surface area contributed by atoms with Crippen LogP contribution in [0.4, 0.5) is 17.6 Å². The maximum atomic E-state index is 12.9. The predicted molar refractivity (Wildman–Crippen MR) is 100.0 cm³/mol. The maximum Gasteiger partial charge on any atom is 0.523 e. The van der Waals surface area contributed by atoms with Gasteiger partial charge >= 0.3 is 6.36 Å². The lowest BCUT2D eigenvalue weighted by atomic mass is 9.34. The molecule has 176 valence electrons. The van der Waals surface area contributed by atoms with Crippen molar-refractivity contribution in [2.45, 2.75) is 55.9 Å². The Hall–Kier alpha value is -3.02. The van der Waals surface area contributed by atoms with Gasteiger partial charge in [-0.15, -0.1) is 23.4 Å². The van der Waals surface area contributed by atoms with E-state index in [4.69, 9.17) is 9.15 Å². The zero-order valence-corrected chi connectivity index (χ0v) is 17.2. The van der Waals surface area contributed by atoms with Gasteiger partial charge < -0.3 is 9.15 Å². The Kier molecular flexibility index (Phi) is 4.78. The third-order valence-electron chi connectivity index (χ3n) is 6.69. The van der Waals surface area contributed by atoms with Gasteiger partial charge in [-0.3, -0.25) is 19.6 Å². The Morgan fingerprint density at radius 2 is 1.70 bits per heavy atom. The zero-order chi connectivity index (χ0) is 23.5. The molecule has 4 fully saturated rings. The summed E-state index contributed by atoms with van der Waals surface area (Å²) in [6.45, 7) is -0.410. The van der Waals surface area contributed by atoms with Gasteiger partial charge in [-0.1, -0.05) is 0 Å². The molecule has 1 N–H and O–H groups in total. The lowest BCUT2D eigenvalue weighted by Gasteiger charge is -2.67. The van der Waals surface area contributed by atoms with Gasteiger partial charge in [0.1, 0.15) is 11.6 Å². The number of nitrogens with one attached hydrogen (secondary N) is 1. The van der Waals surface area contributed by atoms with Crippen LogP contribution >= 0.6 is 0 Å². The minimum atomic E-state index is -4.82. The van der Waals surface area contributed by atoms with E-state index in [-0.39, 0.29) is 30.4 Å². The first kappa shape index (κ1) is 21.8. The predicted octanol–water partition coefficient (Wildman–Crippen LogP) is 3.27. The number of halogens is 4. The number of ether oxygens (including phenoxy) is 2. The van der Waals surface area contributed by atoms with E-state index in [0.29, 0.717) is 25.7 Å². The lowest BCUT2D eigenvalue weighted by Crippen LogP contribution is -2.70. The van der Waals surface area contributed by atoms with Crippen molar-refractivity contribution < 1.29 is 41.0 Å². The van der Waals surface area contributed by atoms with Crippen LogP contribution in [0.15, 0.2) is 28.7 Å². The second-order valence-corrected chi connectivity index (χ2v) is 9.02. The SMILES string of the molecule is O=C(COc1ccc(F)cc1)NC(=O)C12CC(c3nnc(C4(OC(F)(F)F)CCC4)o3)(C1)C2. The van der Waals surface area contributed by atoms with Crippen molar-refractivity contribution in [2.24, 2.45) is 5.41 Å². The van der Waals surface area contributed by atoms with Gasteiger partial charge in [0.25, 0.3) is 5.91 Å². The maximum absolute atomic E-state index is 12.9. The Bertz CT molecular complexity index is 1070. The van der Waals surface area contributed by atoms with E-state index < -0.39 is 47.0 Å². The van der Waals surface area contributed by atoms with Crippen LogP contribution in [0.25, 0.3) is 0 Å². The smallest absolute Gasteiger partial charge is 0.484 e. The first-order chi connectivity index (χ1) is 15.5. The molecule has 1 aromatic carbocycles. The first-order valence-corrected chi connectivity index (χ1v) is 10.4. The molecule has 0 radical (unpaired) electrons. The number of hydrogen-bond donors (Lipinski definition) is 1. The molecule has 4 saturated carbocycles. The van der Waals surface area contributed by atoms with Crippen LogP contribution in [-0.4, -0.2) is 35.0 Å². The van der Waals surface area contributed by atoms with Crippen LogP contribution in [0.2, 0.25) is 0 Å². The molecule has 2 aromatic rings. The molecule has 0 saturated heterocycles. The summed E-state index contributed by atoms with van der Waals surface area (Å²) in [5.74, 6) is -1.25. The summed E-state index contributed by atoms with van der Waals surface area (Å²) < 4.78 is 66.3. The van der Waals surface area contributed by atoms with E-state index in [2.05, 4.69) is 20.3 Å². The van der Waals surface area contributed by atoms with Crippen molar-refractivity contribution in [1.82, 2.24) is 15.5 Å². The van der Waals surface area contributed by atoms with Crippen molar-refractivity contribution in [3.05, 3.63) is 41.9 Å². The number of carbonyl (C=O) groups is 2. The average Bonchev–Trinajstić information content (AvgIpc) is 3.11. The summed E-state index contributed by atoms with van der Waals surface area (Å²) in [6.07, 6.45) is -2.93. The van der Waals surface area contributed by atoms with Crippen molar-refractivity contribution in [3.63, 3.8) is 0 Å². The minimum absolute atomic E-state index is 0.135. The van der Waals surface area contributed by atoms with E-state index in [0.717, 1.165) is 0 Å². The van der Waals surface area contributed by atoms with Crippen LogP contribution < -0.4 is 10.1 Å². The molecule has 6 rings (SSSR count). The van der Waals surface area contributed by atoms with Crippen LogP contribution in [0.3, 0.4) is 0 Å². The van der Waals surface area contributed by atoms with E-state index in [9.17, 15) is 27.2 Å². The number of amides is 2. The number of imide groups is 1. The van der Waals surface area contributed by atoms with E-state index in [1.165, 1.54) is 24.3 Å². The molecule has 2 amide bonds. The number of carbonyl (C=O) groups excluding carboxylic acids is 2. The molecule has 33 heavy (non-hydrogen) atoms. The third-order valence-corrected chi connectivity index (χ3v) is 6.69. The van der Waals surface area contributed by atoms with Gasteiger partial charge in [0.15, 0.2) is 12.2 Å². The molecular weight excluding hydrogens is 450 g/mol. The fourth-order valence-corrected chi connectivity index (χ4v) is 4.93. The zero-order valence-electron chi connectivity index (χ0n) is 17.2. The Labute approximate surface area is 184 Å². The molecule has 0 atom stereocenters. The molecule has 12 heteroatoms. The Balaban J connectivity index is 1.15. The summed E-state index contributed by atoms with van der Waals surface area (Å²) in [5.41, 5.74) is -2.96. The molecule has 0 unspecified atom stereocenters. The van der Waals surface area contributed by atoms with Gasteiger partial charge in [-0.05, 0) is 62.8 Å². The molecule has 8 nitrogen and oxygen atoms in total. The molecule has 2 bridgehead atoms. The second kappa shape index (κ2) is 7.24. The quantitative estimate of drug-likeness (QED) is 0.621. The van der Waals surface area contributed by atoms with Gasteiger partial charge in [0.05, 0.1) is 10.8 Å². The monoisotopic (exact) mass is 469 g/mol. The highest BCUT2D eigenvalue weighted by Crippen LogP contribution is 2.73. The van der Waals surface area contributed by atoms with E-state index in [1.54, 1.807) is 0 Å². The lowest BCUT2D eigenvalue weighted by molar-refractivity contribution is -0.387. The number of benzene rings is 1. The fraction of sp³-hybridized carbons (Fsp3) is 0.524. The average molecular weight is 469 g/mol. The van der Waals surface area contributed by atoms with Gasteiger partial charge in [-0.2, -0.15) is 0 Å². The largest absolute Gasteiger partial charge is 0.523 e. The summed E-state index contributed by atoms with van der Waals surface area (Å²) in [6, 6.07) is 5.10. The minimum Gasteiger partial charge on any atom is -0.484 e. The normalized spacial score (nSPS) is 27.0. The van der Waals surface area contributed by atoms with Crippen LogP contribution in [0, 0.1) is 11.2 Å². The topological polar surface area (TPSA) is 104 Å². The number of nitrogens with zero attached hydrogens (tertiary/aromatic N) is 2. The Morgan fingerprint density at radius 1 is 1.06 bits per heavy atom. The highest BCUT2D eigenvalue weighted by Gasteiger charge is 2.74. The number of hydrogen-bond acceptors (Lipinski definition) is 7. The standard InChI is InChI=1S/C21H19F4N3O5/c22-12-2-4-13(5-3-12)31-8-14(29)26-15(30)18-9-19(10-18,11-18)16-27-28-17(32-16)20(6-1-7-20)33-21(23,24)25/h2-5H,1,6-11H2,(H,26,29,30). The molecule has 0 aliphatic heterocycles. The second-order valence-electron chi connectivity index (χ2n) is 9.02. The van der Waals surface area contributed by atoms with Gasteiger partial charge in [0, 0.05) is 0 Å². The van der Waals surface area contributed by atoms with Gasteiger partial charge in [-0.25, -0.2) is 4.39 Å². The fourth-order valence-electron chi connectivity index (χ4n) is 4.93. The first-order valence-electron chi connectivity index (χ1n) is 10.4. The molecule has 4 aliphatic carbocycles. The summed E-state index contributed by atoms with van der Waals surface area (Å²) in [5, 5.41) is 10.0. The Morgan fingerprint density at radius 3 is 2.27 bits per heavy atom. The number of rotatable bonds is 7. The summed E-state index contributed by atoms with van der Waals surface area (Å²) in [7, 11) is 0. The number of alkyl halides is 3.